The molecule has 5 heteroatoms. The lowest BCUT2D eigenvalue weighted by Gasteiger charge is -2.38. The van der Waals surface area contributed by atoms with Crippen LogP contribution in [0.5, 0.6) is 0 Å². The Morgan fingerprint density at radius 2 is 2.30 bits per heavy atom. The highest BCUT2D eigenvalue weighted by molar-refractivity contribution is 5.97. The molecule has 27 heavy (non-hydrogen) atoms. The van der Waals surface area contributed by atoms with Crippen molar-refractivity contribution in [3.8, 4) is 6.07 Å². The first-order valence-electron chi connectivity index (χ1n) is 9.73. The molecule has 0 bridgehead atoms. The zero-order chi connectivity index (χ0) is 18.5. The Balaban J connectivity index is 0.00000192. The van der Waals surface area contributed by atoms with Gasteiger partial charge in [0, 0.05) is 31.1 Å². The fraction of sp³-hybridized carbons (Fsp3) is 0.409. The number of imidazole rings is 1. The van der Waals surface area contributed by atoms with Crippen LogP contribution in [-0.4, -0.2) is 33.4 Å². The van der Waals surface area contributed by atoms with Gasteiger partial charge in [-0.1, -0.05) is 12.5 Å². The number of carbonyl (C=O) groups is 1. The quantitative estimate of drug-likeness (QED) is 0.827. The fourth-order valence-corrected chi connectivity index (χ4v) is 5.13. The van der Waals surface area contributed by atoms with Crippen molar-refractivity contribution in [3.05, 3.63) is 52.9 Å². The lowest BCUT2D eigenvalue weighted by atomic mass is 9.82. The van der Waals surface area contributed by atoms with Crippen molar-refractivity contribution in [2.24, 2.45) is 11.8 Å². The molecule has 1 aromatic carbocycles. The summed E-state index contributed by atoms with van der Waals surface area (Å²) in [6, 6.07) is 8.30. The van der Waals surface area contributed by atoms with Gasteiger partial charge in [-0.3, -0.25) is 4.79 Å². The monoisotopic (exact) mass is 360 g/mol. The van der Waals surface area contributed by atoms with Crippen LogP contribution in [0.4, 0.5) is 0 Å². The van der Waals surface area contributed by atoms with Crippen LogP contribution >= 0.6 is 0 Å². The summed E-state index contributed by atoms with van der Waals surface area (Å²) in [5.41, 5.74) is 6.19. The number of fused-ring (bicyclic) bond motifs is 3. The molecular formula is C22H24N4O. The van der Waals surface area contributed by atoms with Crippen LogP contribution in [0.15, 0.2) is 47.3 Å². The molecule has 1 unspecified atom stereocenters. The molecule has 0 saturated carbocycles. The van der Waals surface area contributed by atoms with Crippen molar-refractivity contribution in [2.45, 2.75) is 38.6 Å². The minimum absolute atomic E-state index is 0. The number of nitriles is 1. The van der Waals surface area contributed by atoms with Gasteiger partial charge in [-0.25, -0.2) is 4.98 Å². The third-order valence-corrected chi connectivity index (χ3v) is 6.49. The van der Waals surface area contributed by atoms with Gasteiger partial charge in [0.25, 0.3) is 5.91 Å². The third-order valence-electron chi connectivity index (χ3n) is 6.49. The molecule has 0 spiro atoms. The predicted octanol–water partition coefficient (Wildman–Crippen LogP) is 4.22. The van der Waals surface area contributed by atoms with Gasteiger partial charge >= 0.3 is 0 Å². The molecule has 3 atom stereocenters. The molecular weight excluding hydrogens is 336 g/mol. The number of allylic oxidation sites excluding steroid dienone is 2. The summed E-state index contributed by atoms with van der Waals surface area (Å²) >= 11 is 0. The Morgan fingerprint density at radius 1 is 1.41 bits per heavy atom. The summed E-state index contributed by atoms with van der Waals surface area (Å²) in [6.45, 7) is 2.94. The number of carbonyl (C=O) groups excluding carboxylic acids is 1. The molecule has 5 rings (SSSR count). The number of aromatic amines is 1. The smallest absolute Gasteiger partial charge is 0.254 e. The van der Waals surface area contributed by atoms with E-state index in [1.54, 1.807) is 6.33 Å². The van der Waals surface area contributed by atoms with E-state index in [0.29, 0.717) is 11.8 Å². The highest BCUT2D eigenvalue weighted by atomic mass is 16.2. The maximum absolute atomic E-state index is 13.3. The van der Waals surface area contributed by atoms with Gasteiger partial charge in [-0.2, -0.15) is 5.26 Å². The molecule has 1 amide bonds. The molecule has 1 N–H and O–H groups in total. The number of likely N-dealkylation sites (tertiary alicyclic amines) is 1. The van der Waals surface area contributed by atoms with Gasteiger partial charge < -0.3 is 9.88 Å². The second kappa shape index (κ2) is 6.09. The van der Waals surface area contributed by atoms with Crippen molar-refractivity contribution in [1.29, 1.82) is 5.26 Å². The molecule has 2 aromatic rings. The molecule has 2 heterocycles. The van der Waals surface area contributed by atoms with Gasteiger partial charge in [0.1, 0.15) is 0 Å². The van der Waals surface area contributed by atoms with E-state index in [0.717, 1.165) is 54.4 Å². The Morgan fingerprint density at radius 3 is 3.15 bits per heavy atom. The summed E-state index contributed by atoms with van der Waals surface area (Å²) in [4.78, 5) is 22.7. The van der Waals surface area contributed by atoms with Crippen molar-refractivity contribution < 1.29 is 6.22 Å². The number of benzene rings is 1. The van der Waals surface area contributed by atoms with Gasteiger partial charge in [0.2, 0.25) is 0 Å². The van der Waals surface area contributed by atoms with Crippen LogP contribution in [0.2, 0.25) is 0 Å². The molecule has 1 aliphatic heterocycles. The van der Waals surface area contributed by atoms with Gasteiger partial charge in [0.15, 0.2) is 0 Å². The Bertz CT molecular complexity index is 1040. The number of hydrogen-bond acceptors (Lipinski definition) is 3. The van der Waals surface area contributed by atoms with E-state index in [2.05, 4.69) is 33.9 Å². The molecule has 138 valence electrons. The first-order chi connectivity index (χ1) is 13.2. The van der Waals surface area contributed by atoms with E-state index in [4.69, 9.17) is 0 Å². The van der Waals surface area contributed by atoms with Crippen molar-refractivity contribution in [2.75, 3.05) is 6.54 Å². The summed E-state index contributed by atoms with van der Waals surface area (Å²) < 4.78 is 0. The summed E-state index contributed by atoms with van der Waals surface area (Å²) in [5, 5.41) is 9.42. The Kier molecular flexibility index (Phi) is 3.68. The van der Waals surface area contributed by atoms with Crippen LogP contribution in [0, 0.1) is 23.2 Å². The van der Waals surface area contributed by atoms with E-state index >= 15 is 0 Å². The van der Waals surface area contributed by atoms with Crippen molar-refractivity contribution in [3.63, 3.8) is 0 Å². The first kappa shape index (κ1) is 16.3. The molecule has 2 aliphatic carbocycles. The number of nitrogens with one attached hydrogen (secondary N) is 1. The first-order valence-corrected chi connectivity index (χ1v) is 9.73. The predicted molar refractivity (Wildman–Crippen MR) is 105 cm³/mol. The number of nitrogens with zero attached hydrogens (tertiary/aromatic N) is 3. The third kappa shape index (κ3) is 2.51. The van der Waals surface area contributed by atoms with E-state index in [1.165, 1.54) is 11.1 Å². The second-order valence-electron chi connectivity index (χ2n) is 8.03. The highest BCUT2D eigenvalue weighted by Crippen LogP contribution is 2.47. The molecule has 1 saturated heterocycles. The van der Waals surface area contributed by atoms with E-state index in [9.17, 15) is 10.1 Å². The molecule has 3 aliphatic rings. The van der Waals surface area contributed by atoms with Crippen LogP contribution in [0.1, 0.15) is 44.4 Å². The normalized spacial score (nSPS) is 27.2. The highest BCUT2D eigenvalue weighted by Gasteiger charge is 2.43. The van der Waals surface area contributed by atoms with Crippen LogP contribution in [0.3, 0.4) is 0 Å². The van der Waals surface area contributed by atoms with Crippen LogP contribution < -0.4 is 0 Å². The lowest BCUT2D eigenvalue weighted by molar-refractivity contribution is 0.0564. The Labute approximate surface area is 159 Å². The van der Waals surface area contributed by atoms with E-state index < -0.39 is 0 Å². The van der Waals surface area contributed by atoms with E-state index in [-0.39, 0.29) is 13.4 Å². The standard InChI is InChI=1S/C22H22N4O.H2/c1-13-7-15-10-21-17(18(15)8-16(13)11-23)3-2-6-26(21)22(27)14-4-5-19-20(9-14)25-12-24-19;/h4-5,8-9,12-13,17,21H,2-3,6-7,10H2,1H3,(H,24,25);1H/t13?,17-,21+;/m0./s1. The lowest BCUT2D eigenvalue weighted by Crippen LogP contribution is -2.47. The fourth-order valence-electron chi connectivity index (χ4n) is 5.13. The molecule has 5 nitrogen and oxygen atoms in total. The number of H-pyrrole nitrogens is 1. The van der Waals surface area contributed by atoms with Gasteiger partial charge in [0.05, 0.1) is 23.4 Å². The molecule has 1 aromatic heterocycles. The number of amides is 1. The topological polar surface area (TPSA) is 72.8 Å². The van der Waals surface area contributed by atoms with Crippen molar-refractivity contribution in [1.82, 2.24) is 14.9 Å². The van der Waals surface area contributed by atoms with Gasteiger partial charge in [-0.05, 0) is 61.4 Å². The van der Waals surface area contributed by atoms with Crippen LogP contribution in [0.25, 0.3) is 11.0 Å². The minimum atomic E-state index is 0. The zero-order valence-corrected chi connectivity index (χ0v) is 15.4. The van der Waals surface area contributed by atoms with Gasteiger partial charge in [-0.15, -0.1) is 0 Å². The largest absolute Gasteiger partial charge is 0.345 e. The molecule has 1 fully saturated rings. The number of hydrogen-bond donors (Lipinski definition) is 1. The molecule has 0 radical (unpaired) electrons. The summed E-state index contributed by atoms with van der Waals surface area (Å²) in [5.74, 6) is 0.781. The maximum atomic E-state index is 13.3. The van der Waals surface area contributed by atoms with Crippen LogP contribution in [-0.2, 0) is 0 Å². The Hall–Kier alpha value is -2.87. The zero-order valence-electron chi connectivity index (χ0n) is 15.4. The SMILES string of the molecule is CC1CC2=C(C=C1C#N)[C@@H]1CCCN(C(=O)c3ccc4nc[nH]c4c3)[C@@H]1C2.[HH]. The average molecular weight is 360 g/mol. The van der Waals surface area contributed by atoms with E-state index in [1.807, 2.05) is 18.2 Å². The maximum Gasteiger partial charge on any atom is 0.254 e. The summed E-state index contributed by atoms with van der Waals surface area (Å²) in [7, 11) is 0. The number of rotatable bonds is 1. The number of piperidine rings is 1. The second-order valence-corrected chi connectivity index (χ2v) is 8.03. The average Bonchev–Trinajstić information content (AvgIpc) is 3.29. The number of aromatic nitrogens is 2. The van der Waals surface area contributed by atoms with Crippen molar-refractivity contribution >= 4 is 16.9 Å². The summed E-state index contributed by atoms with van der Waals surface area (Å²) in [6.07, 6.45) is 7.82. The minimum Gasteiger partial charge on any atom is -0.345 e.